The number of aromatic nitrogens is 5. The molecule has 0 spiro atoms. The summed E-state index contributed by atoms with van der Waals surface area (Å²) in [6.45, 7) is 2.04. The monoisotopic (exact) mass is 1100 g/mol. The second-order valence-corrected chi connectivity index (χ2v) is 14.0. The van der Waals surface area contributed by atoms with Crippen molar-refractivity contribution >= 4 is 63.7 Å². The van der Waals surface area contributed by atoms with Crippen molar-refractivity contribution in [2.24, 2.45) is 0 Å². The molecule has 0 unspecified atom stereocenters. The van der Waals surface area contributed by atoms with Crippen molar-refractivity contribution in [2.75, 3.05) is 0 Å². The summed E-state index contributed by atoms with van der Waals surface area (Å²) in [5.41, 5.74) is 7.62. The number of hydrogen-bond acceptors (Lipinski definition) is 8. The molecule has 11 nitrogen and oxygen atoms in total. The molecule has 0 saturated heterocycles. The second-order valence-electron chi connectivity index (χ2n) is 10.7. The quantitative estimate of drug-likeness (QED) is 0.102. The van der Waals surface area contributed by atoms with Gasteiger partial charge >= 0.3 is 0 Å². The van der Waals surface area contributed by atoms with Gasteiger partial charge in [-0.3, -0.25) is 10.2 Å². The van der Waals surface area contributed by atoms with Gasteiger partial charge in [-0.1, -0.05) is 107 Å². The van der Waals surface area contributed by atoms with Gasteiger partial charge < -0.3 is 11.0 Å². The lowest BCUT2D eigenvalue weighted by atomic mass is 10.0. The lowest BCUT2D eigenvalue weighted by Gasteiger charge is -2.03. The molecule has 0 atom stereocenters. The van der Waals surface area contributed by atoms with E-state index >= 15 is 0 Å². The minimum atomic E-state index is 0. The van der Waals surface area contributed by atoms with E-state index in [1.807, 2.05) is 104 Å². The van der Waals surface area contributed by atoms with E-state index < -0.39 is 0 Å². The average molecular weight is 1100 g/mol. The fourth-order valence-electron chi connectivity index (χ4n) is 4.21. The highest BCUT2D eigenvalue weighted by atomic mass is 79.9. The molecule has 0 aliphatic carbocycles. The first kappa shape index (κ1) is 65.4. The molecule has 0 saturated carbocycles. The van der Waals surface area contributed by atoms with E-state index in [4.69, 9.17) is 21.0 Å². The van der Waals surface area contributed by atoms with Crippen LogP contribution in [0.4, 0.5) is 0 Å². The van der Waals surface area contributed by atoms with Crippen molar-refractivity contribution in [3.05, 3.63) is 194 Å². The van der Waals surface area contributed by atoms with Crippen LogP contribution >= 0.6 is 63.7 Å². The van der Waals surface area contributed by atoms with Gasteiger partial charge in [-0.25, -0.2) is 15.0 Å². The van der Waals surface area contributed by atoms with E-state index in [9.17, 15) is 0 Å². The summed E-state index contributed by atoms with van der Waals surface area (Å²) in [5, 5.41) is 35.8. The van der Waals surface area contributed by atoms with E-state index in [-0.39, 0.29) is 48.1 Å². The summed E-state index contributed by atoms with van der Waals surface area (Å²) in [6.07, 6.45) is 11.4. The molecule has 5 N–H and O–H groups in total. The number of nitriles is 3. The molecule has 2 aromatic carbocycles. The number of aryl methyl sites for hydroxylation is 1. The summed E-state index contributed by atoms with van der Waals surface area (Å²) in [4.78, 5) is 15.7. The number of pyridine rings is 5. The van der Waals surface area contributed by atoms with Gasteiger partial charge in [0.15, 0.2) is 5.69 Å². The van der Waals surface area contributed by atoms with Crippen molar-refractivity contribution in [3.8, 4) is 40.5 Å². The normalized spacial score (nSPS) is 8.23. The summed E-state index contributed by atoms with van der Waals surface area (Å²) in [7, 11) is 0. The van der Waals surface area contributed by atoms with Crippen LogP contribution in [0.5, 0.6) is 0 Å². The van der Waals surface area contributed by atoms with Crippen LogP contribution < -0.4 is 4.73 Å². The van der Waals surface area contributed by atoms with Crippen molar-refractivity contribution < 1.29 is 20.9 Å². The Morgan fingerprint density at radius 1 is 0.565 bits per heavy atom. The smallest absolute Gasteiger partial charge is 0.236 e. The zero-order valence-electron chi connectivity index (χ0n) is 30.2. The standard InChI is InChI=1S/C13H9BrN2.C13H10N2.C6H3BrN2.C5H5BrNO.C5H4BrN.5CH4.2H2O/c14-8-10-3-5-11(6-4-10)12-2-1-7-16-13(12)9-15;1-10-4-6-11(7-5-10)12-3-2-8-15-13(12)9-14;7-5-2-1-3-9-6(5)4-8;6-5-2-1-3-7(8)4-5;6-5-2-1-3-7-4-5;;;;;;;/h1-7H,8H2;2-8H,1H3;1-3H;1-4,8H;1-4H;5*1H4;2*1H2/q;;;+1;;;;;;;;. The van der Waals surface area contributed by atoms with Crippen LogP contribution in [0.15, 0.2) is 166 Å². The summed E-state index contributed by atoms with van der Waals surface area (Å²) in [5.74, 6) is 0. The first-order valence-electron chi connectivity index (χ1n) is 16.0. The van der Waals surface area contributed by atoms with E-state index in [2.05, 4.69) is 95.8 Å². The van der Waals surface area contributed by atoms with Crippen molar-refractivity contribution in [2.45, 2.75) is 49.4 Å². The maximum Gasteiger partial charge on any atom is 0.236 e. The molecule has 0 aliphatic heterocycles. The molecule has 62 heavy (non-hydrogen) atoms. The predicted molar refractivity (Wildman–Crippen MR) is 267 cm³/mol. The molecule has 0 aliphatic rings. The van der Waals surface area contributed by atoms with Crippen LogP contribution in [0.3, 0.4) is 0 Å². The van der Waals surface area contributed by atoms with E-state index in [1.54, 1.807) is 61.6 Å². The molecule has 0 bridgehead atoms. The third kappa shape index (κ3) is 23.3. The molecule has 5 aromatic heterocycles. The van der Waals surface area contributed by atoms with Gasteiger partial charge in [0.2, 0.25) is 12.4 Å². The Morgan fingerprint density at radius 2 is 1.00 bits per heavy atom. The van der Waals surface area contributed by atoms with Gasteiger partial charge in [0.1, 0.15) is 29.6 Å². The van der Waals surface area contributed by atoms with Gasteiger partial charge in [0.25, 0.3) is 0 Å². The zero-order chi connectivity index (χ0) is 39.8. The minimum absolute atomic E-state index is 0. The first-order valence-corrected chi connectivity index (χ1v) is 19.5. The van der Waals surface area contributed by atoms with Crippen LogP contribution in [-0.4, -0.2) is 36.1 Å². The van der Waals surface area contributed by atoms with Gasteiger partial charge in [0.05, 0.1) is 8.95 Å². The van der Waals surface area contributed by atoms with Crippen LogP contribution in [-0.2, 0) is 5.33 Å². The average Bonchev–Trinajstić information content (AvgIpc) is 3.22. The molecule has 7 rings (SSSR count). The summed E-state index contributed by atoms with van der Waals surface area (Å²) >= 11 is 13.0. The maximum absolute atomic E-state index is 8.96. The van der Waals surface area contributed by atoms with Gasteiger partial charge in [-0.2, -0.15) is 15.8 Å². The fourth-order valence-corrected chi connectivity index (χ4v) is 5.56. The van der Waals surface area contributed by atoms with Crippen molar-refractivity contribution in [1.29, 1.82) is 15.8 Å². The molecule has 0 fully saturated rings. The molecule has 15 heteroatoms. The highest BCUT2D eigenvalue weighted by molar-refractivity contribution is 9.11. The Kier molecular flexibility index (Phi) is 39.1. The SMILES string of the molecule is Brc1cccnc1.C.C.C.C.C.Cc1ccc(-c2cccnc2C#N)cc1.N#Cc1ncccc1-c1ccc(CBr)cc1.N#Cc1ncccc1Br.O.O.O[n+]1cccc(Br)c1. The number of hydrogen-bond donors (Lipinski definition) is 1. The molecular formula is C47H55Br4N8O3+. The number of nitrogens with zero attached hydrogens (tertiary/aromatic N) is 8. The van der Waals surface area contributed by atoms with E-state index in [1.165, 1.54) is 11.1 Å². The van der Waals surface area contributed by atoms with Crippen LogP contribution in [0, 0.1) is 40.9 Å². The maximum atomic E-state index is 8.96. The van der Waals surface area contributed by atoms with Crippen molar-refractivity contribution in [3.63, 3.8) is 0 Å². The molecule has 5 heterocycles. The predicted octanol–water partition coefficient (Wildman–Crippen LogP) is 12.5. The van der Waals surface area contributed by atoms with Crippen LogP contribution in [0.2, 0.25) is 0 Å². The second kappa shape index (κ2) is 37.1. The molecule has 328 valence electrons. The van der Waals surface area contributed by atoms with Crippen LogP contribution in [0.1, 0.15) is 65.3 Å². The Hall–Kier alpha value is -5.70. The third-order valence-electron chi connectivity index (χ3n) is 6.85. The van der Waals surface area contributed by atoms with Crippen LogP contribution in [0.25, 0.3) is 22.3 Å². The zero-order valence-corrected chi connectivity index (χ0v) is 36.5. The summed E-state index contributed by atoms with van der Waals surface area (Å²) < 4.78 is 3.62. The third-order valence-corrected chi connectivity index (χ3v) is 9.07. The molecule has 7 aromatic rings. The van der Waals surface area contributed by atoms with E-state index in [0.717, 1.165) is 45.7 Å². The van der Waals surface area contributed by atoms with Gasteiger partial charge in [0, 0.05) is 62.7 Å². The highest BCUT2D eigenvalue weighted by Gasteiger charge is 2.05. The van der Waals surface area contributed by atoms with Gasteiger partial charge in [-0.05, 0) is 126 Å². The topological polar surface area (TPSA) is 210 Å². The number of halogens is 4. The molecule has 0 radical (unpaired) electrons. The number of alkyl halides is 1. The number of rotatable bonds is 3. The first-order chi connectivity index (χ1) is 26.7. The molecular weight excluding hydrogens is 1040 g/mol. The minimum Gasteiger partial charge on any atom is -0.412 e. The summed E-state index contributed by atoms with van der Waals surface area (Å²) in [6, 6.07) is 40.8. The Bertz CT molecular complexity index is 2350. The molecule has 0 amide bonds. The Balaban J connectivity index is -0.000000219. The largest absolute Gasteiger partial charge is 0.412 e. The lowest BCUT2D eigenvalue weighted by Crippen LogP contribution is -2.27. The van der Waals surface area contributed by atoms with Crippen molar-refractivity contribution in [1.82, 2.24) is 19.9 Å². The van der Waals surface area contributed by atoms with Gasteiger partial charge in [-0.15, -0.1) is 0 Å². The Labute approximate surface area is 401 Å². The Morgan fingerprint density at radius 3 is 1.34 bits per heavy atom. The number of benzene rings is 2. The lowest BCUT2D eigenvalue weighted by molar-refractivity contribution is -0.905. The fraction of sp³-hybridized carbons (Fsp3) is 0.149. The highest BCUT2D eigenvalue weighted by Crippen LogP contribution is 2.23. The van der Waals surface area contributed by atoms with E-state index in [0.29, 0.717) is 17.1 Å².